The van der Waals surface area contributed by atoms with E-state index < -0.39 is 5.97 Å². The minimum absolute atomic E-state index is 0.0445. The molecule has 7 heteroatoms. The third-order valence-corrected chi connectivity index (χ3v) is 3.13. The van der Waals surface area contributed by atoms with Gasteiger partial charge in [0, 0.05) is 13.1 Å². The van der Waals surface area contributed by atoms with Crippen molar-refractivity contribution in [3.05, 3.63) is 12.0 Å². The Balaban J connectivity index is 1.86. The quantitative estimate of drug-likeness (QED) is 0.774. The number of ether oxygens (including phenoxy) is 2. The number of hydrogen-bond acceptors (Lipinski definition) is 7. The molecule has 1 aromatic rings. The fourth-order valence-corrected chi connectivity index (χ4v) is 2.14. The lowest BCUT2D eigenvalue weighted by Crippen LogP contribution is -2.37. The molecule has 112 valence electrons. The van der Waals surface area contributed by atoms with Crippen LogP contribution in [-0.2, 0) is 9.47 Å². The Morgan fingerprint density at radius 1 is 1.55 bits per heavy atom. The predicted octanol–water partition coefficient (Wildman–Crippen LogP) is 0.829. The number of esters is 1. The molecule has 0 aromatic carbocycles. The summed E-state index contributed by atoms with van der Waals surface area (Å²) in [7, 11) is 0. The van der Waals surface area contributed by atoms with E-state index >= 15 is 0 Å². The average Bonchev–Trinajstić information content (AvgIpc) is 2.96. The Kier molecular flexibility index (Phi) is 5.37. The van der Waals surface area contributed by atoms with Gasteiger partial charge in [-0.25, -0.2) is 4.79 Å². The van der Waals surface area contributed by atoms with Crippen molar-refractivity contribution in [2.45, 2.75) is 25.9 Å². The van der Waals surface area contributed by atoms with Crippen LogP contribution in [0, 0.1) is 0 Å². The second-order valence-electron chi connectivity index (χ2n) is 4.52. The van der Waals surface area contributed by atoms with E-state index in [4.69, 9.17) is 19.0 Å². The molecule has 1 saturated heterocycles. The number of oxazole rings is 1. The molecule has 0 amide bonds. The third-order valence-electron chi connectivity index (χ3n) is 3.13. The van der Waals surface area contributed by atoms with Crippen LogP contribution in [0.4, 0.5) is 6.01 Å². The SMILES string of the molecule is CCOC(=O)c1coc(N2CCC(OCCO)CC2)n1. The van der Waals surface area contributed by atoms with E-state index in [0.717, 1.165) is 25.9 Å². The highest BCUT2D eigenvalue weighted by molar-refractivity contribution is 5.87. The maximum atomic E-state index is 11.5. The van der Waals surface area contributed by atoms with Gasteiger partial charge in [0.15, 0.2) is 5.69 Å². The van der Waals surface area contributed by atoms with Crippen molar-refractivity contribution in [1.82, 2.24) is 4.98 Å². The number of piperidine rings is 1. The average molecular weight is 284 g/mol. The second kappa shape index (κ2) is 7.25. The molecule has 7 nitrogen and oxygen atoms in total. The molecule has 0 unspecified atom stereocenters. The summed E-state index contributed by atoms with van der Waals surface area (Å²) in [5, 5.41) is 8.72. The lowest BCUT2D eigenvalue weighted by Gasteiger charge is -2.30. The van der Waals surface area contributed by atoms with Gasteiger partial charge in [-0.15, -0.1) is 0 Å². The van der Waals surface area contributed by atoms with Gasteiger partial charge in [-0.05, 0) is 19.8 Å². The first-order chi connectivity index (χ1) is 9.74. The van der Waals surface area contributed by atoms with Crippen molar-refractivity contribution in [3.63, 3.8) is 0 Å². The van der Waals surface area contributed by atoms with Gasteiger partial charge in [0.2, 0.25) is 0 Å². The van der Waals surface area contributed by atoms with Crippen LogP contribution in [0.1, 0.15) is 30.3 Å². The highest BCUT2D eigenvalue weighted by Crippen LogP contribution is 2.21. The van der Waals surface area contributed by atoms with Gasteiger partial charge in [0.1, 0.15) is 6.26 Å². The van der Waals surface area contributed by atoms with Crippen LogP contribution in [0.25, 0.3) is 0 Å². The summed E-state index contributed by atoms with van der Waals surface area (Å²) in [5.74, 6) is -0.469. The number of hydrogen-bond donors (Lipinski definition) is 1. The van der Waals surface area contributed by atoms with Crippen LogP contribution in [0.2, 0.25) is 0 Å². The summed E-state index contributed by atoms with van der Waals surface area (Å²) in [6.07, 6.45) is 3.17. The number of aliphatic hydroxyl groups is 1. The molecule has 0 bridgehead atoms. The smallest absolute Gasteiger partial charge is 0.360 e. The molecule has 2 rings (SSSR count). The van der Waals surface area contributed by atoms with Gasteiger partial charge in [0.05, 0.1) is 25.9 Å². The normalized spacial score (nSPS) is 16.4. The fourth-order valence-electron chi connectivity index (χ4n) is 2.14. The number of carbonyl (C=O) groups is 1. The molecule has 1 aliphatic heterocycles. The minimum atomic E-state index is -0.469. The van der Waals surface area contributed by atoms with E-state index in [1.54, 1.807) is 6.92 Å². The number of rotatable bonds is 6. The number of aromatic nitrogens is 1. The van der Waals surface area contributed by atoms with E-state index in [1.807, 2.05) is 4.90 Å². The van der Waals surface area contributed by atoms with Crippen molar-refractivity contribution < 1.29 is 23.8 Å². The van der Waals surface area contributed by atoms with Gasteiger partial charge in [-0.2, -0.15) is 4.98 Å². The van der Waals surface area contributed by atoms with Crippen LogP contribution in [0.3, 0.4) is 0 Å². The van der Waals surface area contributed by atoms with Crippen LogP contribution < -0.4 is 4.90 Å². The molecule has 1 aromatic heterocycles. The highest BCUT2D eigenvalue weighted by atomic mass is 16.5. The molecule has 1 fully saturated rings. The van der Waals surface area contributed by atoms with E-state index in [9.17, 15) is 4.79 Å². The van der Waals surface area contributed by atoms with E-state index in [1.165, 1.54) is 6.26 Å². The Labute approximate surface area is 117 Å². The largest absolute Gasteiger partial charge is 0.461 e. The number of nitrogens with zero attached hydrogens (tertiary/aromatic N) is 2. The highest BCUT2D eigenvalue weighted by Gasteiger charge is 2.24. The Bertz CT molecular complexity index is 426. The maximum absolute atomic E-state index is 11.5. The molecule has 0 radical (unpaired) electrons. The summed E-state index contributed by atoms with van der Waals surface area (Å²) >= 11 is 0. The topological polar surface area (TPSA) is 85.0 Å². The van der Waals surface area contributed by atoms with Crippen molar-refractivity contribution >= 4 is 12.0 Å². The molecule has 2 heterocycles. The number of carbonyl (C=O) groups excluding carboxylic acids is 1. The number of anilines is 1. The zero-order chi connectivity index (χ0) is 14.4. The van der Waals surface area contributed by atoms with E-state index in [-0.39, 0.29) is 18.4 Å². The monoisotopic (exact) mass is 284 g/mol. The summed E-state index contributed by atoms with van der Waals surface area (Å²) in [6, 6.07) is 0.439. The van der Waals surface area contributed by atoms with Crippen molar-refractivity contribution in [1.29, 1.82) is 0 Å². The molecule has 1 aliphatic rings. The van der Waals surface area contributed by atoms with Crippen molar-refractivity contribution in [3.8, 4) is 0 Å². The van der Waals surface area contributed by atoms with Crippen LogP contribution >= 0.6 is 0 Å². The zero-order valence-corrected chi connectivity index (χ0v) is 11.6. The van der Waals surface area contributed by atoms with E-state index in [0.29, 0.717) is 19.2 Å². The fraction of sp³-hybridized carbons (Fsp3) is 0.692. The first-order valence-corrected chi connectivity index (χ1v) is 6.84. The Hall–Kier alpha value is -1.60. The summed E-state index contributed by atoms with van der Waals surface area (Å²) in [5.41, 5.74) is 0.195. The molecule has 1 N–H and O–H groups in total. The molecule has 0 atom stereocenters. The van der Waals surface area contributed by atoms with Gasteiger partial charge >= 0.3 is 5.97 Å². The van der Waals surface area contributed by atoms with Gasteiger partial charge < -0.3 is 23.9 Å². The third kappa shape index (κ3) is 3.71. The molecular weight excluding hydrogens is 264 g/mol. The molecule has 0 aliphatic carbocycles. The molecular formula is C13H20N2O5. The van der Waals surface area contributed by atoms with Crippen molar-refractivity contribution in [2.24, 2.45) is 0 Å². The minimum Gasteiger partial charge on any atom is -0.461 e. The van der Waals surface area contributed by atoms with Gasteiger partial charge in [-0.1, -0.05) is 0 Å². The molecule has 0 saturated carbocycles. The summed E-state index contributed by atoms with van der Waals surface area (Å²) in [4.78, 5) is 17.6. The van der Waals surface area contributed by atoms with Crippen LogP contribution in [-0.4, -0.2) is 55.1 Å². The first kappa shape index (κ1) is 14.8. The zero-order valence-electron chi connectivity index (χ0n) is 11.6. The first-order valence-electron chi connectivity index (χ1n) is 6.84. The molecule has 0 spiro atoms. The van der Waals surface area contributed by atoms with Crippen molar-refractivity contribution in [2.75, 3.05) is 37.8 Å². The van der Waals surface area contributed by atoms with Gasteiger partial charge in [-0.3, -0.25) is 0 Å². The van der Waals surface area contributed by atoms with Crippen LogP contribution in [0.15, 0.2) is 10.7 Å². The van der Waals surface area contributed by atoms with Gasteiger partial charge in [0.25, 0.3) is 6.01 Å². The van der Waals surface area contributed by atoms with E-state index in [2.05, 4.69) is 4.98 Å². The predicted molar refractivity (Wildman–Crippen MR) is 70.7 cm³/mol. The standard InChI is InChI=1S/C13H20N2O5/c1-2-18-12(17)11-9-20-13(14-11)15-5-3-10(4-6-15)19-8-7-16/h9-10,16H,2-8H2,1H3. The lowest BCUT2D eigenvalue weighted by molar-refractivity contribution is 0.0154. The van der Waals surface area contributed by atoms with Crippen LogP contribution in [0.5, 0.6) is 0 Å². The second-order valence-corrected chi connectivity index (χ2v) is 4.52. The maximum Gasteiger partial charge on any atom is 0.360 e. The summed E-state index contributed by atoms with van der Waals surface area (Å²) in [6.45, 7) is 3.97. The Morgan fingerprint density at radius 3 is 2.95 bits per heavy atom. The molecule has 20 heavy (non-hydrogen) atoms. The summed E-state index contributed by atoms with van der Waals surface area (Å²) < 4.78 is 15.7. The lowest BCUT2D eigenvalue weighted by atomic mass is 10.1. The Morgan fingerprint density at radius 2 is 2.30 bits per heavy atom. The number of aliphatic hydroxyl groups excluding tert-OH is 1.